The quantitative estimate of drug-likeness (QED) is 0.495. The first-order chi connectivity index (χ1) is 7.77. The van der Waals surface area contributed by atoms with Gasteiger partial charge in [-0.15, -0.1) is 0 Å². The number of esters is 1. The first-order valence-corrected chi connectivity index (χ1v) is 6.56. The number of methoxy groups -OCH3 is 1. The lowest BCUT2D eigenvalue weighted by atomic mass is 9.76. The van der Waals surface area contributed by atoms with E-state index in [4.69, 9.17) is 4.74 Å². The molecular weight excluding hydrogens is 200 g/mol. The molecule has 0 amide bonds. The van der Waals surface area contributed by atoms with E-state index in [1.54, 1.807) is 5.57 Å². The van der Waals surface area contributed by atoms with E-state index >= 15 is 0 Å². The lowest BCUT2D eigenvalue weighted by molar-refractivity contribution is -0.145. The molecule has 6 unspecified atom stereocenters. The Morgan fingerprint density at radius 3 is 3.12 bits per heavy atom. The van der Waals surface area contributed by atoms with E-state index in [9.17, 15) is 4.79 Å². The number of carbonyl (C=O) groups is 1. The summed E-state index contributed by atoms with van der Waals surface area (Å²) in [6.45, 7) is 0. The summed E-state index contributed by atoms with van der Waals surface area (Å²) >= 11 is 0. The van der Waals surface area contributed by atoms with Crippen molar-refractivity contribution in [2.24, 2.45) is 40.9 Å². The van der Waals surface area contributed by atoms with Crippen molar-refractivity contribution in [3.8, 4) is 0 Å². The molecule has 0 aliphatic heterocycles. The molecular formula is C14H16O2. The van der Waals surface area contributed by atoms with E-state index in [0.29, 0.717) is 5.41 Å². The fraction of sp³-hybridized carbons (Fsp3) is 0.786. The van der Waals surface area contributed by atoms with Crippen molar-refractivity contribution in [3.05, 3.63) is 11.6 Å². The summed E-state index contributed by atoms with van der Waals surface area (Å²) in [5.41, 5.74) is 2.15. The van der Waals surface area contributed by atoms with Gasteiger partial charge in [-0.25, -0.2) is 0 Å². The number of ether oxygens (including phenoxy) is 1. The van der Waals surface area contributed by atoms with Gasteiger partial charge in [0.2, 0.25) is 0 Å². The molecule has 5 saturated carbocycles. The number of rotatable bonds is 1. The zero-order chi connectivity index (χ0) is 10.7. The van der Waals surface area contributed by atoms with Crippen LogP contribution >= 0.6 is 0 Å². The van der Waals surface area contributed by atoms with Crippen LogP contribution in [0.2, 0.25) is 0 Å². The monoisotopic (exact) mass is 216 g/mol. The highest BCUT2D eigenvalue weighted by atomic mass is 16.5. The molecule has 6 bridgehead atoms. The van der Waals surface area contributed by atoms with Crippen molar-refractivity contribution in [1.82, 2.24) is 0 Å². The molecule has 6 rings (SSSR count). The Morgan fingerprint density at radius 1 is 1.56 bits per heavy atom. The molecule has 16 heavy (non-hydrogen) atoms. The summed E-state index contributed by atoms with van der Waals surface area (Å²) in [5, 5.41) is 0. The van der Waals surface area contributed by atoms with Crippen LogP contribution in [0, 0.1) is 40.9 Å². The molecule has 5 fully saturated rings. The Balaban J connectivity index is 1.59. The summed E-state index contributed by atoms with van der Waals surface area (Å²) in [6.07, 6.45) is 6.15. The van der Waals surface area contributed by atoms with Gasteiger partial charge in [0.15, 0.2) is 0 Å². The topological polar surface area (TPSA) is 26.3 Å². The largest absolute Gasteiger partial charge is 0.469 e. The fourth-order valence-electron chi connectivity index (χ4n) is 6.30. The zero-order valence-electron chi connectivity index (χ0n) is 9.48. The van der Waals surface area contributed by atoms with Crippen molar-refractivity contribution in [2.45, 2.75) is 19.3 Å². The Kier molecular flexibility index (Phi) is 1.10. The number of allylic oxidation sites excluding steroid dienone is 2. The number of hydrogen-bond acceptors (Lipinski definition) is 2. The molecule has 6 aliphatic carbocycles. The number of hydrogen-bond donors (Lipinski definition) is 0. The lowest BCUT2D eigenvalue weighted by Crippen LogP contribution is -2.23. The molecule has 6 aliphatic rings. The highest BCUT2D eigenvalue weighted by molar-refractivity contribution is 5.74. The predicted octanol–water partition coefficient (Wildman–Crippen LogP) is 2.01. The van der Waals surface area contributed by atoms with Crippen molar-refractivity contribution in [1.29, 1.82) is 0 Å². The third kappa shape index (κ3) is 0.581. The van der Waals surface area contributed by atoms with Gasteiger partial charge in [0.05, 0.1) is 13.0 Å². The summed E-state index contributed by atoms with van der Waals surface area (Å²) < 4.78 is 4.93. The minimum Gasteiger partial charge on any atom is -0.469 e. The maximum atomic E-state index is 11.7. The van der Waals surface area contributed by atoms with Crippen molar-refractivity contribution in [3.63, 3.8) is 0 Å². The van der Waals surface area contributed by atoms with Gasteiger partial charge < -0.3 is 4.74 Å². The second-order valence-corrected chi connectivity index (χ2v) is 6.55. The maximum Gasteiger partial charge on any atom is 0.309 e. The van der Waals surface area contributed by atoms with Gasteiger partial charge in [-0.3, -0.25) is 4.79 Å². The van der Waals surface area contributed by atoms with Gasteiger partial charge in [-0.2, -0.15) is 0 Å². The maximum absolute atomic E-state index is 11.7. The van der Waals surface area contributed by atoms with Crippen LogP contribution in [-0.2, 0) is 9.53 Å². The fourth-order valence-corrected chi connectivity index (χ4v) is 6.30. The van der Waals surface area contributed by atoms with E-state index in [1.807, 2.05) is 0 Å². The van der Waals surface area contributed by atoms with Gasteiger partial charge in [0.25, 0.3) is 0 Å². The molecule has 0 N–H and O–H groups in total. The van der Waals surface area contributed by atoms with Gasteiger partial charge in [-0.1, -0.05) is 11.6 Å². The van der Waals surface area contributed by atoms with Gasteiger partial charge >= 0.3 is 5.97 Å². The SMILES string of the molecule is COC(=O)[C@H]1CC2=CC3C4C5CC3C2(C1)C54. The predicted molar refractivity (Wildman–Crippen MR) is 57.3 cm³/mol. The third-order valence-corrected chi connectivity index (χ3v) is 6.50. The number of carbonyl (C=O) groups excluding carboxylic acids is 1. The second-order valence-electron chi connectivity index (χ2n) is 6.55. The van der Waals surface area contributed by atoms with Crippen molar-refractivity contribution in [2.75, 3.05) is 7.11 Å². The Labute approximate surface area is 95.0 Å². The lowest BCUT2D eigenvalue weighted by Gasteiger charge is -2.27. The van der Waals surface area contributed by atoms with Crippen molar-refractivity contribution < 1.29 is 9.53 Å². The van der Waals surface area contributed by atoms with Crippen LogP contribution in [0.15, 0.2) is 11.6 Å². The zero-order valence-corrected chi connectivity index (χ0v) is 9.48. The van der Waals surface area contributed by atoms with E-state index in [1.165, 1.54) is 13.5 Å². The third-order valence-electron chi connectivity index (χ3n) is 6.50. The summed E-state index contributed by atoms with van der Waals surface area (Å²) in [4.78, 5) is 11.7. The smallest absolute Gasteiger partial charge is 0.309 e. The molecule has 2 heteroatoms. The molecule has 7 atom stereocenters. The highest BCUT2D eigenvalue weighted by Gasteiger charge is 2.83. The molecule has 0 aromatic rings. The molecule has 0 radical (unpaired) electrons. The first-order valence-electron chi connectivity index (χ1n) is 6.56. The molecule has 0 aromatic carbocycles. The average molecular weight is 216 g/mol. The Bertz CT molecular complexity index is 452. The average Bonchev–Trinajstić information content (AvgIpc) is 2.69. The Morgan fingerprint density at radius 2 is 2.44 bits per heavy atom. The van der Waals surface area contributed by atoms with Crippen LogP contribution in [0.4, 0.5) is 0 Å². The van der Waals surface area contributed by atoms with Gasteiger partial charge in [0, 0.05) is 0 Å². The standard InChI is InChI=1S/C14H16O2/c1-16-13(15)6-2-7-3-8-10-4-9-11(8)12(9)14(7,10)5-6/h3,6,8-12H,2,4-5H2,1H3/t6-,8?,9?,10?,11?,12?,14?/m0/s1. The van der Waals surface area contributed by atoms with Crippen LogP contribution in [0.1, 0.15) is 19.3 Å². The molecule has 1 spiro atoms. The van der Waals surface area contributed by atoms with Crippen LogP contribution in [-0.4, -0.2) is 13.1 Å². The van der Waals surface area contributed by atoms with Gasteiger partial charge in [-0.05, 0) is 54.3 Å². The second kappa shape index (κ2) is 2.12. The van der Waals surface area contributed by atoms with Crippen LogP contribution in [0.3, 0.4) is 0 Å². The normalized spacial score (nSPS) is 62.2. The Hall–Kier alpha value is -0.790. The molecule has 0 aromatic heterocycles. The van der Waals surface area contributed by atoms with Crippen LogP contribution in [0.5, 0.6) is 0 Å². The van der Waals surface area contributed by atoms with E-state index in [0.717, 1.165) is 42.4 Å². The molecule has 84 valence electrons. The molecule has 0 heterocycles. The van der Waals surface area contributed by atoms with E-state index in [-0.39, 0.29) is 11.9 Å². The van der Waals surface area contributed by atoms with E-state index < -0.39 is 0 Å². The van der Waals surface area contributed by atoms with Crippen molar-refractivity contribution >= 4 is 5.97 Å². The summed E-state index contributed by atoms with van der Waals surface area (Å²) in [7, 11) is 1.53. The minimum absolute atomic E-state index is 0.0301. The van der Waals surface area contributed by atoms with Crippen LogP contribution in [0.25, 0.3) is 0 Å². The first kappa shape index (κ1) is 8.32. The minimum atomic E-state index is 0.0301. The molecule has 2 nitrogen and oxygen atoms in total. The summed E-state index contributed by atoms with van der Waals surface area (Å²) in [6, 6.07) is 0. The summed E-state index contributed by atoms with van der Waals surface area (Å²) in [5.74, 6) is 5.11. The molecule has 0 saturated heterocycles. The van der Waals surface area contributed by atoms with E-state index in [2.05, 4.69) is 6.08 Å². The van der Waals surface area contributed by atoms with Gasteiger partial charge in [0.1, 0.15) is 0 Å². The highest BCUT2D eigenvalue weighted by Crippen LogP contribution is 2.88. The van der Waals surface area contributed by atoms with Crippen LogP contribution < -0.4 is 0 Å².